The van der Waals surface area contributed by atoms with Crippen molar-refractivity contribution in [3.8, 4) is 0 Å². The normalized spacial score (nSPS) is 17.8. The summed E-state index contributed by atoms with van der Waals surface area (Å²) in [7, 11) is 1.93. The Balaban J connectivity index is 1.63. The first-order chi connectivity index (χ1) is 11.2. The van der Waals surface area contributed by atoms with Crippen molar-refractivity contribution >= 4 is 16.8 Å². The van der Waals surface area contributed by atoms with Crippen molar-refractivity contribution < 1.29 is 4.79 Å². The molecule has 1 saturated heterocycles. The van der Waals surface area contributed by atoms with Gasteiger partial charge in [0.1, 0.15) is 5.52 Å². The summed E-state index contributed by atoms with van der Waals surface area (Å²) in [5.41, 5.74) is 0.382. The monoisotopic (exact) mass is 315 g/mol. The molecule has 23 heavy (non-hydrogen) atoms. The van der Waals surface area contributed by atoms with Crippen LogP contribution in [0.4, 0.5) is 0 Å². The molecule has 2 aromatic rings. The van der Waals surface area contributed by atoms with Gasteiger partial charge in [0.15, 0.2) is 0 Å². The Labute approximate surface area is 134 Å². The van der Waals surface area contributed by atoms with Gasteiger partial charge in [-0.2, -0.15) is 0 Å². The van der Waals surface area contributed by atoms with Gasteiger partial charge in [-0.1, -0.05) is 17.3 Å². The first kappa shape index (κ1) is 15.6. The molecule has 0 radical (unpaired) electrons. The Kier molecular flexibility index (Phi) is 4.66. The Morgan fingerprint density at radius 2 is 2.22 bits per heavy atom. The second-order valence-electron chi connectivity index (χ2n) is 5.94. The van der Waals surface area contributed by atoms with Gasteiger partial charge in [-0.15, -0.1) is 5.10 Å². The molecule has 0 spiro atoms. The zero-order chi connectivity index (χ0) is 16.2. The van der Waals surface area contributed by atoms with Crippen molar-refractivity contribution in [1.82, 2.24) is 25.2 Å². The van der Waals surface area contributed by atoms with Crippen LogP contribution in [0.2, 0.25) is 0 Å². The van der Waals surface area contributed by atoms with Crippen LogP contribution in [0.1, 0.15) is 12.8 Å². The van der Waals surface area contributed by atoms with E-state index in [1.54, 1.807) is 18.2 Å². The lowest BCUT2D eigenvalue weighted by molar-refractivity contribution is -0.130. The largest absolute Gasteiger partial charge is 0.342 e. The number of benzene rings is 1. The number of nitrogens with zero attached hydrogens (tertiary/aromatic N) is 4. The Bertz CT molecular complexity index is 757. The molecule has 7 nitrogen and oxygen atoms in total. The molecule has 0 saturated carbocycles. The van der Waals surface area contributed by atoms with Crippen LogP contribution < -0.4 is 10.9 Å². The molecule has 122 valence electrons. The van der Waals surface area contributed by atoms with Crippen LogP contribution in [-0.2, 0) is 11.3 Å². The van der Waals surface area contributed by atoms with Gasteiger partial charge in [0.05, 0.1) is 11.9 Å². The number of hydrogen-bond donors (Lipinski definition) is 1. The van der Waals surface area contributed by atoms with E-state index in [-0.39, 0.29) is 24.4 Å². The van der Waals surface area contributed by atoms with Gasteiger partial charge in [0.25, 0.3) is 5.56 Å². The zero-order valence-corrected chi connectivity index (χ0v) is 13.2. The van der Waals surface area contributed by atoms with E-state index >= 15 is 0 Å². The summed E-state index contributed by atoms with van der Waals surface area (Å²) in [4.78, 5) is 26.5. The Hall–Kier alpha value is -2.28. The van der Waals surface area contributed by atoms with Crippen LogP contribution in [0.3, 0.4) is 0 Å². The molecule has 1 aromatic heterocycles. The van der Waals surface area contributed by atoms with Gasteiger partial charge < -0.3 is 10.2 Å². The van der Waals surface area contributed by atoms with Crippen molar-refractivity contribution in [1.29, 1.82) is 0 Å². The molecule has 7 heteroatoms. The molecule has 3 rings (SSSR count). The molecule has 1 aliphatic heterocycles. The summed E-state index contributed by atoms with van der Waals surface area (Å²) < 4.78 is 1.28. The van der Waals surface area contributed by atoms with Crippen LogP contribution in [-0.4, -0.2) is 52.5 Å². The molecule has 1 fully saturated rings. The van der Waals surface area contributed by atoms with Crippen LogP contribution in [0.25, 0.3) is 10.9 Å². The third-order valence-electron chi connectivity index (χ3n) is 4.30. The van der Waals surface area contributed by atoms with E-state index in [2.05, 4.69) is 15.6 Å². The molecule has 1 amide bonds. The summed E-state index contributed by atoms with van der Waals surface area (Å²) in [6.45, 7) is 2.78. The molecule has 1 aliphatic rings. The minimum atomic E-state index is -0.196. The minimum absolute atomic E-state index is 0.0745. The van der Waals surface area contributed by atoms with E-state index in [1.165, 1.54) is 4.68 Å². The molecule has 0 bridgehead atoms. The number of aryl methyl sites for hydroxylation is 1. The van der Waals surface area contributed by atoms with E-state index in [0.717, 1.165) is 26.1 Å². The lowest BCUT2D eigenvalue weighted by Gasteiger charge is -2.16. The van der Waals surface area contributed by atoms with Crippen molar-refractivity contribution in [3.63, 3.8) is 0 Å². The number of carbonyl (C=O) groups excluding carboxylic acids is 1. The quantitative estimate of drug-likeness (QED) is 0.855. The number of likely N-dealkylation sites (tertiary alicyclic amines) is 1. The van der Waals surface area contributed by atoms with E-state index in [0.29, 0.717) is 16.8 Å². The van der Waals surface area contributed by atoms with Crippen LogP contribution in [0.5, 0.6) is 0 Å². The van der Waals surface area contributed by atoms with Gasteiger partial charge in [0, 0.05) is 19.5 Å². The van der Waals surface area contributed by atoms with E-state index < -0.39 is 0 Å². The van der Waals surface area contributed by atoms with Gasteiger partial charge in [-0.25, -0.2) is 4.68 Å². The highest BCUT2D eigenvalue weighted by atomic mass is 16.2. The maximum absolute atomic E-state index is 12.3. The van der Waals surface area contributed by atoms with Crippen LogP contribution in [0, 0.1) is 5.92 Å². The van der Waals surface area contributed by atoms with Crippen molar-refractivity contribution in [2.24, 2.45) is 5.92 Å². The number of fused-ring (bicyclic) bond motifs is 1. The molecular weight excluding hydrogens is 294 g/mol. The fraction of sp³-hybridized carbons (Fsp3) is 0.500. The third kappa shape index (κ3) is 3.39. The van der Waals surface area contributed by atoms with E-state index in [1.807, 2.05) is 18.0 Å². The van der Waals surface area contributed by atoms with Crippen molar-refractivity contribution in [2.45, 2.75) is 19.4 Å². The molecular formula is C16H21N5O2. The fourth-order valence-electron chi connectivity index (χ4n) is 3.04. The van der Waals surface area contributed by atoms with E-state index in [9.17, 15) is 9.59 Å². The average Bonchev–Trinajstić information content (AvgIpc) is 3.03. The third-order valence-corrected chi connectivity index (χ3v) is 4.30. The number of hydrogen-bond acceptors (Lipinski definition) is 5. The fourth-order valence-corrected chi connectivity index (χ4v) is 3.04. The smallest absolute Gasteiger partial charge is 0.277 e. The second-order valence-corrected chi connectivity index (χ2v) is 5.94. The summed E-state index contributed by atoms with van der Waals surface area (Å²) in [5.74, 6) is 0.595. The molecule has 1 N–H and O–H groups in total. The van der Waals surface area contributed by atoms with Crippen LogP contribution in [0.15, 0.2) is 29.1 Å². The SMILES string of the molecule is CNCC1CCN(C(=O)CCn2nnc3ccccc3c2=O)C1. The first-order valence-corrected chi connectivity index (χ1v) is 7.94. The maximum Gasteiger partial charge on any atom is 0.277 e. The van der Waals surface area contributed by atoms with E-state index in [4.69, 9.17) is 0 Å². The lowest BCUT2D eigenvalue weighted by Crippen LogP contribution is -2.32. The Morgan fingerprint density at radius 3 is 3.04 bits per heavy atom. The molecule has 1 aromatic carbocycles. The summed E-state index contributed by atoms with van der Waals surface area (Å²) in [6, 6.07) is 7.10. The summed E-state index contributed by atoms with van der Waals surface area (Å²) in [6.07, 6.45) is 1.31. The predicted molar refractivity (Wildman–Crippen MR) is 87.0 cm³/mol. The molecule has 1 unspecified atom stereocenters. The number of aromatic nitrogens is 3. The number of amides is 1. The molecule has 1 atom stereocenters. The highest BCUT2D eigenvalue weighted by Crippen LogP contribution is 2.16. The van der Waals surface area contributed by atoms with Gasteiger partial charge in [-0.3, -0.25) is 9.59 Å². The number of rotatable bonds is 5. The highest BCUT2D eigenvalue weighted by Gasteiger charge is 2.25. The molecule has 2 heterocycles. The van der Waals surface area contributed by atoms with Crippen molar-refractivity contribution in [3.05, 3.63) is 34.6 Å². The average molecular weight is 315 g/mol. The van der Waals surface area contributed by atoms with Gasteiger partial charge in [0.2, 0.25) is 5.91 Å². The molecule has 0 aliphatic carbocycles. The van der Waals surface area contributed by atoms with Crippen molar-refractivity contribution in [2.75, 3.05) is 26.7 Å². The Morgan fingerprint density at radius 1 is 1.39 bits per heavy atom. The number of carbonyl (C=O) groups is 1. The highest BCUT2D eigenvalue weighted by molar-refractivity contribution is 5.77. The zero-order valence-electron chi connectivity index (χ0n) is 13.2. The lowest BCUT2D eigenvalue weighted by atomic mass is 10.1. The second kappa shape index (κ2) is 6.87. The topological polar surface area (TPSA) is 80.1 Å². The number of nitrogens with one attached hydrogen (secondary N) is 1. The first-order valence-electron chi connectivity index (χ1n) is 7.94. The van der Waals surface area contributed by atoms with Gasteiger partial charge in [-0.05, 0) is 38.1 Å². The minimum Gasteiger partial charge on any atom is -0.342 e. The summed E-state index contributed by atoms with van der Waals surface area (Å²) in [5, 5.41) is 11.6. The standard InChI is InChI=1S/C16H21N5O2/c1-17-10-12-6-8-20(11-12)15(22)7-9-21-16(23)13-4-2-3-5-14(13)18-19-21/h2-5,12,17H,6-11H2,1H3. The van der Waals surface area contributed by atoms with Gasteiger partial charge >= 0.3 is 0 Å². The predicted octanol–water partition coefficient (Wildman–Crippen LogP) is 0.250. The van der Waals surface area contributed by atoms with Crippen LogP contribution >= 0.6 is 0 Å². The maximum atomic E-state index is 12.3. The summed E-state index contributed by atoms with van der Waals surface area (Å²) >= 11 is 0.